The summed E-state index contributed by atoms with van der Waals surface area (Å²) in [5.41, 5.74) is 1.10. The van der Waals surface area contributed by atoms with E-state index in [9.17, 15) is 13.2 Å². The number of nitrogens with zero attached hydrogens (tertiary/aromatic N) is 2. The van der Waals surface area contributed by atoms with Crippen LogP contribution in [0.3, 0.4) is 0 Å². The van der Waals surface area contributed by atoms with Crippen molar-refractivity contribution in [2.75, 3.05) is 11.9 Å². The fourth-order valence-electron chi connectivity index (χ4n) is 5.31. The summed E-state index contributed by atoms with van der Waals surface area (Å²) in [6.45, 7) is 0.269. The Hall–Kier alpha value is -2.62. The van der Waals surface area contributed by atoms with Gasteiger partial charge in [-0.25, -0.2) is 18.1 Å². The SMILES string of the molecule is O=C(Nc1nccs1)[C@]1(c2ccc(S(=O)(=O)NCCc3ccccn3)cc2)C[C@H]1C1CCCC1. The molecule has 0 saturated heterocycles. The molecule has 9 heteroatoms. The predicted octanol–water partition coefficient (Wildman–Crippen LogP) is 4.15. The molecule has 1 aromatic carbocycles. The monoisotopic (exact) mass is 496 g/mol. The van der Waals surface area contributed by atoms with E-state index in [1.54, 1.807) is 24.5 Å². The van der Waals surface area contributed by atoms with Crippen LogP contribution in [0.5, 0.6) is 0 Å². The van der Waals surface area contributed by atoms with Gasteiger partial charge in [0, 0.05) is 36.4 Å². The Labute approximate surface area is 204 Å². The van der Waals surface area contributed by atoms with E-state index in [-0.39, 0.29) is 23.3 Å². The van der Waals surface area contributed by atoms with Gasteiger partial charge in [0.05, 0.1) is 10.3 Å². The Kier molecular flexibility index (Phi) is 6.50. The molecule has 0 aliphatic heterocycles. The number of amides is 1. The summed E-state index contributed by atoms with van der Waals surface area (Å²) in [6, 6.07) is 12.4. The second kappa shape index (κ2) is 9.56. The molecule has 2 N–H and O–H groups in total. The maximum absolute atomic E-state index is 13.4. The quantitative estimate of drug-likeness (QED) is 0.464. The maximum Gasteiger partial charge on any atom is 0.240 e. The molecule has 0 bridgehead atoms. The van der Waals surface area contributed by atoms with Crippen LogP contribution < -0.4 is 10.0 Å². The second-order valence-corrected chi connectivity index (χ2v) is 11.8. The number of pyridine rings is 1. The van der Waals surface area contributed by atoms with Gasteiger partial charge in [0.2, 0.25) is 15.9 Å². The first-order valence-electron chi connectivity index (χ1n) is 11.7. The summed E-state index contributed by atoms with van der Waals surface area (Å²) in [7, 11) is -3.65. The van der Waals surface area contributed by atoms with Crippen LogP contribution in [0.15, 0.2) is 65.1 Å². The van der Waals surface area contributed by atoms with Crippen LogP contribution in [0.4, 0.5) is 5.13 Å². The average molecular weight is 497 g/mol. The van der Waals surface area contributed by atoms with Gasteiger partial charge >= 0.3 is 0 Å². The van der Waals surface area contributed by atoms with E-state index in [0.29, 0.717) is 17.5 Å². The molecule has 3 aromatic rings. The zero-order valence-corrected chi connectivity index (χ0v) is 20.4. The molecule has 7 nitrogen and oxygen atoms in total. The molecular weight excluding hydrogens is 468 g/mol. The average Bonchev–Trinajstić information content (AvgIpc) is 3.18. The summed E-state index contributed by atoms with van der Waals surface area (Å²) < 4.78 is 28.3. The molecule has 2 saturated carbocycles. The number of thiazole rings is 1. The number of rotatable bonds is 9. The summed E-state index contributed by atoms with van der Waals surface area (Å²) in [5.74, 6) is 0.788. The highest BCUT2D eigenvalue weighted by Crippen LogP contribution is 2.61. The number of nitrogens with one attached hydrogen (secondary N) is 2. The Morgan fingerprint density at radius 2 is 1.85 bits per heavy atom. The summed E-state index contributed by atoms with van der Waals surface area (Å²) >= 11 is 1.40. The molecule has 2 heterocycles. The van der Waals surface area contributed by atoms with E-state index in [0.717, 1.165) is 30.5 Å². The first-order chi connectivity index (χ1) is 16.5. The Morgan fingerprint density at radius 1 is 1.06 bits per heavy atom. The third kappa shape index (κ3) is 4.64. The van der Waals surface area contributed by atoms with E-state index in [1.807, 2.05) is 35.7 Å². The highest BCUT2D eigenvalue weighted by molar-refractivity contribution is 7.89. The van der Waals surface area contributed by atoms with Crippen LogP contribution in [0.2, 0.25) is 0 Å². The number of sulfonamides is 1. The lowest BCUT2D eigenvalue weighted by molar-refractivity contribution is -0.119. The standard InChI is InChI=1S/C25H28N4O3S2/c30-23(29-24-27-15-16-33-24)25(17-22(25)18-5-1-2-6-18)19-8-10-21(11-9-19)34(31,32)28-14-12-20-7-3-4-13-26-20/h3-4,7-11,13,15-16,18,22,28H,1-2,5-6,12,14,17H2,(H,27,29,30)/t22-,25-/m0/s1. The number of hydrogen-bond donors (Lipinski definition) is 2. The van der Waals surface area contributed by atoms with E-state index >= 15 is 0 Å². The van der Waals surface area contributed by atoms with Crippen LogP contribution in [-0.2, 0) is 26.7 Å². The minimum absolute atomic E-state index is 0.0385. The van der Waals surface area contributed by atoms with Crippen molar-refractivity contribution in [2.45, 2.75) is 48.8 Å². The zero-order chi connectivity index (χ0) is 23.6. The Balaban J connectivity index is 1.32. The maximum atomic E-state index is 13.4. The van der Waals surface area contributed by atoms with Gasteiger partial charge in [-0.3, -0.25) is 9.78 Å². The number of aromatic nitrogens is 2. The molecule has 2 aliphatic rings. The van der Waals surface area contributed by atoms with Crippen molar-refractivity contribution in [3.05, 3.63) is 71.5 Å². The minimum atomic E-state index is -3.65. The fourth-order valence-corrected chi connectivity index (χ4v) is 6.86. The third-order valence-corrected chi connectivity index (χ3v) is 9.29. The van der Waals surface area contributed by atoms with Gasteiger partial charge in [-0.05, 0) is 48.1 Å². The topological polar surface area (TPSA) is 101 Å². The lowest BCUT2D eigenvalue weighted by Crippen LogP contribution is -2.31. The lowest BCUT2D eigenvalue weighted by atomic mass is 9.87. The van der Waals surface area contributed by atoms with Crippen molar-refractivity contribution in [3.63, 3.8) is 0 Å². The molecule has 2 atom stereocenters. The van der Waals surface area contributed by atoms with Gasteiger partial charge in [-0.15, -0.1) is 11.3 Å². The predicted molar refractivity (Wildman–Crippen MR) is 132 cm³/mol. The van der Waals surface area contributed by atoms with Crippen LogP contribution >= 0.6 is 11.3 Å². The molecule has 2 aromatic heterocycles. The van der Waals surface area contributed by atoms with Crippen LogP contribution in [0, 0.1) is 11.8 Å². The normalized spacial score (nSPS) is 22.5. The highest BCUT2D eigenvalue weighted by Gasteiger charge is 2.63. The summed E-state index contributed by atoms with van der Waals surface area (Å²) in [4.78, 5) is 22.1. The Morgan fingerprint density at radius 3 is 2.53 bits per heavy atom. The van der Waals surface area contributed by atoms with Crippen molar-refractivity contribution >= 4 is 32.4 Å². The van der Waals surface area contributed by atoms with Crippen molar-refractivity contribution in [3.8, 4) is 0 Å². The zero-order valence-electron chi connectivity index (χ0n) is 18.8. The second-order valence-electron chi connectivity index (χ2n) is 9.11. The van der Waals surface area contributed by atoms with Crippen LogP contribution in [-0.4, -0.2) is 30.8 Å². The van der Waals surface area contributed by atoms with E-state index in [1.165, 1.54) is 24.2 Å². The molecule has 1 amide bonds. The van der Waals surface area contributed by atoms with Crippen molar-refractivity contribution in [1.29, 1.82) is 0 Å². The van der Waals surface area contributed by atoms with Crippen molar-refractivity contribution < 1.29 is 13.2 Å². The summed E-state index contributed by atoms with van der Waals surface area (Å²) in [6.07, 6.45) is 9.42. The molecule has 178 valence electrons. The number of benzene rings is 1. The van der Waals surface area contributed by atoms with E-state index < -0.39 is 15.4 Å². The third-order valence-electron chi connectivity index (χ3n) is 7.12. The van der Waals surface area contributed by atoms with E-state index in [4.69, 9.17) is 0 Å². The van der Waals surface area contributed by atoms with Gasteiger partial charge in [-0.1, -0.05) is 43.9 Å². The van der Waals surface area contributed by atoms with Crippen molar-refractivity contribution in [1.82, 2.24) is 14.7 Å². The Bertz CT molecular complexity index is 1220. The molecule has 34 heavy (non-hydrogen) atoms. The van der Waals surface area contributed by atoms with Gasteiger partial charge in [0.25, 0.3) is 0 Å². The smallest absolute Gasteiger partial charge is 0.240 e. The van der Waals surface area contributed by atoms with Gasteiger partial charge in [0.1, 0.15) is 0 Å². The largest absolute Gasteiger partial charge is 0.301 e. The van der Waals surface area contributed by atoms with Gasteiger partial charge in [-0.2, -0.15) is 0 Å². The first-order valence-corrected chi connectivity index (χ1v) is 14.1. The molecule has 0 radical (unpaired) electrons. The highest BCUT2D eigenvalue weighted by atomic mass is 32.2. The summed E-state index contributed by atoms with van der Waals surface area (Å²) in [5, 5.41) is 5.43. The molecule has 2 aliphatic carbocycles. The molecule has 0 spiro atoms. The number of carbonyl (C=O) groups excluding carboxylic acids is 1. The first kappa shape index (κ1) is 23.1. The fraction of sp³-hybridized carbons (Fsp3) is 0.400. The van der Waals surface area contributed by atoms with E-state index in [2.05, 4.69) is 20.0 Å². The van der Waals surface area contributed by atoms with Crippen molar-refractivity contribution in [2.24, 2.45) is 11.8 Å². The van der Waals surface area contributed by atoms with Gasteiger partial charge < -0.3 is 5.32 Å². The molecule has 5 rings (SSSR count). The lowest BCUT2D eigenvalue weighted by Gasteiger charge is -2.20. The van der Waals surface area contributed by atoms with Crippen LogP contribution in [0.25, 0.3) is 0 Å². The molecular formula is C25H28N4O3S2. The minimum Gasteiger partial charge on any atom is -0.301 e. The number of anilines is 1. The number of hydrogen-bond acceptors (Lipinski definition) is 6. The number of carbonyl (C=O) groups is 1. The molecule has 0 unspecified atom stereocenters. The molecule has 2 fully saturated rings. The van der Waals surface area contributed by atoms with Crippen LogP contribution in [0.1, 0.15) is 43.4 Å². The van der Waals surface area contributed by atoms with Gasteiger partial charge in [0.15, 0.2) is 5.13 Å².